The van der Waals surface area contributed by atoms with Crippen molar-refractivity contribution in [2.24, 2.45) is 0 Å². The zero-order chi connectivity index (χ0) is 19.1. The molecule has 0 heterocycles. The van der Waals surface area contributed by atoms with Gasteiger partial charge in [0.2, 0.25) is 0 Å². The molecule has 2 rings (SSSR count). The van der Waals surface area contributed by atoms with Gasteiger partial charge in [-0.15, -0.1) is 0 Å². The van der Waals surface area contributed by atoms with E-state index in [0.717, 1.165) is 0 Å². The summed E-state index contributed by atoms with van der Waals surface area (Å²) >= 11 is 0. The molecule has 0 unspecified atom stereocenters. The fourth-order valence-electron chi connectivity index (χ4n) is 2.12. The minimum absolute atomic E-state index is 0.0564. The van der Waals surface area contributed by atoms with Crippen LogP contribution in [-0.2, 0) is 4.79 Å². The summed E-state index contributed by atoms with van der Waals surface area (Å²) in [5.74, 6) is -1.21. The lowest BCUT2D eigenvalue weighted by molar-refractivity contribution is -0.135. The van der Waals surface area contributed by atoms with E-state index in [2.05, 4.69) is 10.6 Å². The number of amides is 2. The highest BCUT2D eigenvalue weighted by Gasteiger charge is 2.09. The Labute approximate surface area is 151 Å². The van der Waals surface area contributed by atoms with E-state index < -0.39 is 18.4 Å². The molecule has 3 N–H and O–H groups in total. The number of carboxylic acid groups (broad SMARTS) is 1. The Bertz CT molecular complexity index is 783. The number of carbonyl (C=O) groups is 3. The summed E-state index contributed by atoms with van der Waals surface area (Å²) in [4.78, 5) is 34.4. The molecule has 0 aromatic heterocycles. The number of nitrogens with one attached hydrogen (secondary N) is 2. The van der Waals surface area contributed by atoms with Crippen molar-refractivity contribution in [2.45, 2.75) is 20.0 Å². The Morgan fingerprint density at radius 2 is 1.46 bits per heavy atom. The minimum Gasteiger partial charge on any atom is -0.491 e. The van der Waals surface area contributed by atoms with E-state index >= 15 is 0 Å². The molecule has 0 aliphatic heterocycles. The first-order valence-corrected chi connectivity index (χ1v) is 8.03. The molecule has 0 spiro atoms. The number of carboxylic acids is 1. The Hall–Kier alpha value is -3.35. The second-order valence-corrected chi connectivity index (χ2v) is 5.80. The molecule has 0 aliphatic rings. The van der Waals surface area contributed by atoms with Crippen LogP contribution in [-0.4, -0.2) is 35.5 Å². The number of ether oxygens (including phenoxy) is 1. The van der Waals surface area contributed by atoms with Crippen LogP contribution in [0.5, 0.6) is 5.75 Å². The lowest BCUT2D eigenvalue weighted by Gasteiger charge is -2.10. The Morgan fingerprint density at radius 1 is 0.923 bits per heavy atom. The number of rotatable bonds is 7. The lowest BCUT2D eigenvalue weighted by Crippen LogP contribution is -2.29. The van der Waals surface area contributed by atoms with Crippen molar-refractivity contribution >= 4 is 23.5 Å². The predicted octanol–water partition coefficient (Wildman–Crippen LogP) is 2.54. The van der Waals surface area contributed by atoms with Gasteiger partial charge in [0.1, 0.15) is 12.3 Å². The maximum Gasteiger partial charge on any atom is 0.322 e. The summed E-state index contributed by atoms with van der Waals surface area (Å²) in [6.45, 7) is 3.40. The third-order valence-electron chi connectivity index (χ3n) is 3.29. The number of hydrogen-bond donors (Lipinski definition) is 3. The Morgan fingerprint density at radius 3 is 2.00 bits per heavy atom. The molecule has 7 heteroatoms. The van der Waals surface area contributed by atoms with Gasteiger partial charge in [0, 0.05) is 16.8 Å². The molecule has 0 aliphatic carbocycles. The molecule has 0 saturated carbocycles. The lowest BCUT2D eigenvalue weighted by atomic mass is 10.1. The van der Waals surface area contributed by atoms with Crippen molar-refractivity contribution in [1.82, 2.24) is 5.32 Å². The van der Waals surface area contributed by atoms with Crippen molar-refractivity contribution < 1.29 is 24.2 Å². The second-order valence-electron chi connectivity index (χ2n) is 5.80. The van der Waals surface area contributed by atoms with Gasteiger partial charge in [-0.25, -0.2) is 0 Å². The molecule has 7 nitrogen and oxygen atoms in total. The molecule has 26 heavy (non-hydrogen) atoms. The summed E-state index contributed by atoms with van der Waals surface area (Å²) in [7, 11) is 0. The fourth-order valence-corrected chi connectivity index (χ4v) is 2.12. The molecule has 0 atom stereocenters. The van der Waals surface area contributed by atoms with Crippen molar-refractivity contribution in [3.8, 4) is 5.75 Å². The quantitative estimate of drug-likeness (QED) is 0.707. The normalized spacial score (nSPS) is 10.3. The highest BCUT2D eigenvalue weighted by molar-refractivity contribution is 6.04. The maximum absolute atomic E-state index is 12.2. The molecule has 0 radical (unpaired) electrons. The van der Waals surface area contributed by atoms with Crippen molar-refractivity contribution in [3.63, 3.8) is 0 Å². The summed E-state index contributed by atoms with van der Waals surface area (Å²) in [6.07, 6.45) is 0.0564. The standard InChI is InChI=1S/C19H20N2O5/c1-12(2)26-16-9-5-14(6-10-16)19(25)21-15-7-3-13(4-8-15)18(24)20-11-17(22)23/h3-10,12H,11H2,1-2H3,(H,20,24)(H,21,25)(H,22,23). The summed E-state index contributed by atoms with van der Waals surface area (Å²) in [5.41, 5.74) is 1.30. The number of hydrogen-bond acceptors (Lipinski definition) is 4. The maximum atomic E-state index is 12.2. The van der Waals surface area contributed by atoms with Crippen molar-refractivity contribution in [2.75, 3.05) is 11.9 Å². The van der Waals surface area contributed by atoms with E-state index in [-0.39, 0.29) is 12.0 Å². The van der Waals surface area contributed by atoms with Crippen LogP contribution in [0.4, 0.5) is 5.69 Å². The SMILES string of the molecule is CC(C)Oc1ccc(C(=O)Nc2ccc(C(=O)NCC(=O)O)cc2)cc1. The molecule has 0 fully saturated rings. The van der Waals surface area contributed by atoms with Crippen LogP contribution in [0, 0.1) is 0 Å². The van der Waals surface area contributed by atoms with E-state index in [1.165, 1.54) is 12.1 Å². The molecule has 0 saturated heterocycles. The first-order chi connectivity index (χ1) is 12.3. The smallest absolute Gasteiger partial charge is 0.322 e. The van der Waals surface area contributed by atoms with Crippen molar-refractivity contribution in [1.29, 1.82) is 0 Å². The summed E-state index contributed by atoms with van der Waals surface area (Å²) < 4.78 is 5.53. The van der Waals surface area contributed by atoms with Crippen LogP contribution in [0.2, 0.25) is 0 Å². The van der Waals surface area contributed by atoms with Gasteiger partial charge in [0.25, 0.3) is 11.8 Å². The van der Waals surface area contributed by atoms with Crippen molar-refractivity contribution in [3.05, 3.63) is 59.7 Å². The van der Waals surface area contributed by atoms with Gasteiger partial charge in [-0.3, -0.25) is 14.4 Å². The third kappa shape index (κ3) is 5.62. The van der Waals surface area contributed by atoms with Crippen LogP contribution in [0.15, 0.2) is 48.5 Å². The number of carbonyl (C=O) groups excluding carboxylic acids is 2. The van der Waals surface area contributed by atoms with Crippen LogP contribution < -0.4 is 15.4 Å². The predicted molar refractivity (Wildman–Crippen MR) is 96.6 cm³/mol. The highest BCUT2D eigenvalue weighted by atomic mass is 16.5. The fraction of sp³-hybridized carbons (Fsp3) is 0.211. The topological polar surface area (TPSA) is 105 Å². The van der Waals surface area contributed by atoms with Gasteiger partial charge < -0.3 is 20.5 Å². The van der Waals surface area contributed by atoms with E-state index in [1.54, 1.807) is 36.4 Å². The zero-order valence-electron chi connectivity index (χ0n) is 14.5. The van der Waals surface area contributed by atoms with Crippen LogP contribution in [0.25, 0.3) is 0 Å². The van der Waals surface area contributed by atoms with E-state index in [0.29, 0.717) is 22.6 Å². The number of benzene rings is 2. The van der Waals surface area contributed by atoms with Crippen LogP contribution in [0.1, 0.15) is 34.6 Å². The van der Waals surface area contributed by atoms with Gasteiger partial charge in [0.15, 0.2) is 0 Å². The number of aliphatic carboxylic acids is 1. The molecular formula is C19H20N2O5. The van der Waals surface area contributed by atoms with Crippen LogP contribution >= 0.6 is 0 Å². The first kappa shape index (κ1) is 19.0. The number of anilines is 1. The Kier molecular flexibility index (Phi) is 6.32. The molecule has 136 valence electrons. The molecule has 0 bridgehead atoms. The molecule has 2 aromatic carbocycles. The van der Waals surface area contributed by atoms with Gasteiger partial charge in [-0.05, 0) is 62.4 Å². The third-order valence-corrected chi connectivity index (χ3v) is 3.29. The van der Waals surface area contributed by atoms with Gasteiger partial charge >= 0.3 is 5.97 Å². The first-order valence-electron chi connectivity index (χ1n) is 8.03. The average Bonchev–Trinajstić information content (AvgIpc) is 2.60. The summed E-state index contributed by atoms with van der Waals surface area (Å²) in [5, 5.41) is 13.5. The van der Waals surface area contributed by atoms with E-state index in [4.69, 9.17) is 9.84 Å². The second kappa shape index (κ2) is 8.66. The molecule has 2 amide bonds. The summed E-state index contributed by atoms with van der Waals surface area (Å²) in [6, 6.07) is 12.9. The minimum atomic E-state index is -1.12. The van der Waals surface area contributed by atoms with E-state index in [1.807, 2.05) is 13.8 Å². The van der Waals surface area contributed by atoms with E-state index in [9.17, 15) is 14.4 Å². The van der Waals surface area contributed by atoms with Gasteiger partial charge in [-0.1, -0.05) is 0 Å². The van der Waals surface area contributed by atoms with Crippen LogP contribution in [0.3, 0.4) is 0 Å². The highest BCUT2D eigenvalue weighted by Crippen LogP contribution is 2.16. The average molecular weight is 356 g/mol. The van der Waals surface area contributed by atoms with Gasteiger partial charge in [0.05, 0.1) is 6.10 Å². The monoisotopic (exact) mass is 356 g/mol. The molecule has 2 aromatic rings. The molecular weight excluding hydrogens is 336 g/mol. The van der Waals surface area contributed by atoms with Gasteiger partial charge in [-0.2, -0.15) is 0 Å². The largest absolute Gasteiger partial charge is 0.491 e. The Balaban J connectivity index is 1.96. The zero-order valence-corrected chi connectivity index (χ0v) is 14.5.